The van der Waals surface area contributed by atoms with E-state index in [9.17, 15) is 0 Å². The highest BCUT2D eigenvalue weighted by Gasteiger charge is 2.22. The van der Waals surface area contributed by atoms with Crippen molar-refractivity contribution in [2.24, 2.45) is 0 Å². The molecular formula is C16H19NO. The van der Waals surface area contributed by atoms with Gasteiger partial charge in [0.1, 0.15) is 5.76 Å². The van der Waals surface area contributed by atoms with Gasteiger partial charge in [-0.1, -0.05) is 24.3 Å². The van der Waals surface area contributed by atoms with Gasteiger partial charge in [-0.2, -0.15) is 0 Å². The normalized spacial score (nSPS) is 14.9. The van der Waals surface area contributed by atoms with E-state index in [1.54, 1.807) is 6.26 Å². The average Bonchev–Trinajstić information content (AvgIpc) is 3.13. The van der Waals surface area contributed by atoms with Crippen molar-refractivity contribution in [1.29, 1.82) is 0 Å². The van der Waals surface area contributed by atoms with Crippen molar-refractivity contribution in [2.75, 3.05) is 6.54 Å². The molecule has 94 valence electrons. The third-order valence-corrected chi connectivity index (χ3v) is 3.49. The lowest BCUT2D eigenvalue weighted by molar-refractivity contribution is 0.499. The van der Waals surface area contributed by atoms with Crippen molar-refractivity contribution in [1.82, 2.24) is 5.32 Å². The van der Waals surface area contributed by atoms with E-state index in [4.69, 9.17) is 4.42 Å². The molecule has 0 radical (unpaired) electrons. The molecule has 0 amide bonds. The van der Waals surface area contributed by atoms with E-state index >= 15 is 0 Å². The van der Waals surface area contributed by atoms with Crippen LogP contribution in [-0.2, 0) is 13.0 Å². The van der Waals surface area contributed by atoms with Crippen LogP contribution in [0.25, 0.3) is 0 Å². The molecule has 2 heteroatoms. The van der Waals surface area contributed by atoms with Crippen molar-refractivity contribution < 1.29 is 4.42 Å². The molecule has 1 fully saturated rings. The minimum absolute atomic E-state index is 0.853. The van der Waals surface area contributed by atoms with Gasteiger partial charge in [0, 0.05) is 19.5 Å². The summed E-state index contributed by atoms with van der Waals surface area (Å²) in [6.45, 7) is 1.89. The van der Waals surface area contributed by atoms with Crippen LogP contribution in [0, 0.1) is 0 Å². The summed E-state index contributed by atoms with van der Waals surface area (Å²) in [5.41, 5.74) is 2.87. The highest BCUT2D eigenvalue weighted by molar-refractivity contribution is 5.27. The molecule has 0 saturated heterocycles. The molecule has 0 spiro atoms. The molecule has 1 heterocycles. The summed E-state index contributed by atoms with van der Waals surface area (Å²) in [6.07, 6.45) is 5.43. The zero-order valence-electron chi connectivity index (χ0n) is 10.6. The maximum Gasteiger partial charge on any atom is 0.105 e. The minimum atomic E-state index is 0.853. The van der Waals surface area contributed by atoms with Crippen LogP contribution in [0.3, 0.4) is 0 Å². The summed E-state index contributed by atoms with van der Waals surface area (Å²) in [5.74, 6) is 1.90. The van der Waals surface area contributed by atoms with E-state index in [0.717, 1.165) is 31.2 Å². The van der Waals surface area contributed by atoms with E-state index in [2.05, 4.69) is 29.6 Å². The highest BCUT2D eigenvalue weighted by Crippen LogP contribution is 2.39. The van der Waals surface area contributed by atoms with Crippen molar-refractivity contribution in [3.05, 3.63) is 59.5 Å². The van der Waals surface area contributed by atoms with Gasteiger partial charge in [0.2, 0.25) is 0 Å². The van der Waals surface area contributed by atoms with Crippen LogP contribution in [0.2, 0.25) is 0 Å². The van der Waals surface area contributed by atoms with Gasteiger partial charge in [-0.15, -0.1) is 0 Å². The molecule has 1 saturated carbocycles. The van der Waals surface area contributed by atoms with Crippen molar-refractivity contribution in [3.8, 4) is 0 Å². The predicted molar refractivity (Wildman–Crippen MR) is 72.5 cm³/mol. The third kappa shape index (κ3) is 3.02. The Labute approximate surface area is 108 Å². The second kappa shape index (κ2) is 5.40. The smallest absolute Gasteiger partial charge is 0.105 e. The maximum atomic E-state index is 5.29. The molecule has 1 aliphatic carbocycles. The number of hydrogen-bond acceptors (Lipinski definition) is 2. The van der Waals surface area contributed by atoms with Gasteiger partial charge >= 0.3 is 0 Å². The van der Waals surface area contributed by atoms with Crippen LogP contribution >= 0.6 is 0 Å². The minimum Gasteiger partial charge on any atom is -0.469 e. The Kier molecular flexibility index (Phi) is 3.47. The van der Waals surface area contributed by atoms with Gasteiger partial charge in [0.05, 0.1) is 6.26 Å². The summed E-state index contributed by atoms with van der Waals surface area (Å²) >= 11 is 0. The molecule has 2 nitrogen and oxygen atoms in total. The molecular weight excluding hydrogens is 222 g/mol. The molecule has 0 atom stereocenters. The Morgan fingerprint density at radius 3 is 2.61 bits per heavy atom. The van der Waals surface area contributed by atoms with E-state index in [-0.39, 0.29) is 0 Å². The summed E-state index contributed by atoms with van der Waals surface area (Å²) in [7, 11) is 0. The molecule has 1 aliphatic rings. The molecule has 1 aromatic carbocycles. The standard InChI is InChI=1S/C16H19NO/c1-2-16(18-11-1)9-10-17-12-13-3-5-14(6-4-13)15-7-8-15/h1-6,11,15,17H,7-10,12H2. The van der Waals surface area contributed by atoms with Gasteiger partial charge in [-0.05, 0) is 42.0 Å². The number of hydrogen-bond donors (Lipinski definition) is 1. The molecule has 0 unspecified atom stereocenters. The SMILES string of the molecule is c1coc(CCNCc2ccc(C3CC3)cc2)c1. The molecule has 1 N–H and O–H groups in total. The lowest BCUT2D eigenvalue weighted by Crippen LogP contribution is -2.16. The van der Waals surface area contributed by atoms with Crippen LogP contribution < -0.4 is 5.32 Å². The summed E-state index contributed by atoms with van der Waals surface area (Å²) in [6, 6.07) is 13.0. The lowest BCUT2D eigenvalue weighted by Gasteiger charge is -2.05. The zero-order valence-corrected chi connectivity index (χ0v) is 10.6. The first-order chi connectivity index (χ1) is 8.92. The van der Waals surface area contributed by atoms with Crippen LogP contribution in [0.15, 0.2) is 47.1 Å². The van der Waals surface area contributed by atoms with Crippen molar-refractivity contribution in [2.45, 2.75) is 31.7 Å². The molecule has 0 aliphatic heterocycles. The number of rotatable bonds is 6. The fourth-order valence-corrected chi connectivity index (χ4v) is 2.22. The number of benzene rings is 1. The van der Waals surface area contributed by atoms with E-state index < -0.39 is 0 Å². The van der Waals surface area contributed by atoms with Gasteiger partial charge in [-0.3, -0.25) is 0 Å². The van der Waals surface area contributed by atoms with Crippen LogP contribution in [0.5, 0.6) is 0 Å². The van der Waals surface area contributed by atoms with E-state index in [0.29, 0.717) is 0 Å². The number of nitrogens with one attached hydrogen (secondary N) is 1. The first-order valence-corrected chi connectivity index (χ1v) is 6.74. The molecule has 0 bridgehead atoms. The molecule has 2 aromatic rings. The highest BCUT2D eigenvalue weighted by atomic mass is 16.3. The largest absolute Gasteiger partial charge is 0.469 e. The van der Waals surface area contributed by atoms with Gasteiger partial charge in [0.25, 0.3) is 0 Å². The fourth-order valence-electron chi connectivity index (χ4n) is 2.22. The Bertz CT molecular complexity index is 468. The van der Waals surface area contributed by atoms with Gasteiger partial charge in [0.15, 0.2) is 0 Å². The Morgan fingerprint density at radius 2 is 1.94 bits per heavy atom. The van der Waals surface area contributed by atoms with Crippen LogP contribution in [-0.4, -0.2) is 6.54 Å². The summed E-state index contributed by atoms with van der Waals surface area (Å²) in [4.78, 5) is 0. The maximum absolute atomic E-state index is 5.29. The molecule has 18 heavy (non-hydrogen) atoms. The molecule has 3 rings (SSSR count). The topological polar surface area (TPSA) is 25.2 Å². The van der Waals surface area contributed by atoms with Crippen molar-refractivity contribution >= 4 is 0 Å². The van der Waals surface area contributed by atoms with E-state index in [1.165, 1.54) is 24.0 Å². The van der Waals surface area contributed by atoms with Crippen LogP contribution in [0.1, 0.15) is 35.6 Å². The zero-order chi connectivity index (χ0) is 12.2. The first-order valence-electron chi connectivity index (χ1n) is 6.74. The third-order valence-electron chi connectivity index (χ3n) is 3.49. The summed E-state index contributed by atoms with van der Waals surface area (Å²) in [5, 5.41) is 3.44. The average molecular weight is 241 g/mol. The Hall–Kier alpha value is -1.54. The van der Waals surface area contributed by atoms with Crippen molar-refractivity contribution in [3.63, 3.8) is 0 Å². The lowest BCUT2D eigenvalue weighted by atomic mass is 10.1. The van der Waals surface area contributed by atoms with Gasteiger partial charge < -0.3 is 9.73 Å². The van der Waals surface area contributed by atoms with E-state index in [1.807, 2.05) is 12.1 Å². The Morgan fingerprint density at radius 1 is 1.11 bits per heavy atom. The van der Waals surface area contributed by atoms with Crippen LogP contribution in [0.4, 0.5) is 0 Å². The first kappa shape index (κ1) is 11.5. The second-order valence-electron chi connectivity index (χ2n) is 5.02. The monoisotopic (exact) mass is 241 g/mol. The second-order valence-corrected chi connectivity index (χ2v) is 5.02. The van der Waals surface area contributed by atoms with Gasteiger partial charge in [-0.25, -0.2) is 0 Å². The predicted octanol–water partition coefficient (Wildman–Crippen LogP) is 3.49. The Balaban J connectivity index is 1.42. The quantitative estimate of drug-likeness (QED) is 0.783. The fraction of sp³-hybridized carbons (Fsp3) is 0.375. The summed E-state index contributed by atoms with van der Waals surface area (Å²) < 4.78 is 5.29. The molecule has 1 aromatic heterocycles. The number of furan rings is 1.